The summed E-state index contributed by atoms with van der Waals surface area (Å²) in [5.41, 5.74) is 0.583. The van der Waals surface area contributed by atoms with E-state index in [-0.39, 0.29) is 29.3 Å². The highest BCUT2D eigenvalue weighted by Crippen LogP contribution is 2.54. The summed E-state index contributed by atoms with van der Waals surface area (Å²) in [5.74, 6) is 0.0123. The highest BCUT2D eigenvalue weighted by Gasteiger charge is 2.68. The Bertz CT molecular complexity index is 1030. The van der Waals surface area contributed by atoms with Crippen LogP contribution in [0.5, 0.6) is 5.75 Å². The number of hydrogen-bond acceptors (Lipinski definition) is 4. The van der Waals surface area contributed by atoms with E-state index in [0.29, 0.717) is 27.6 Å². The van der Waals surface area contributed by atoms with Crippen molar-refractivity contribution < 1.29 is 23.9 Å². The summed E-state index contributed by atoms with van der Waals surface area (Å²) in [4.78, 5) is 26.8. The van der Waals surface area contributed by atoms with Gasteiger partial charge in [-0.25, -0.2) is 0 Å². The number of carbonyl (C=O) groups excluding carboxylic acids is 2. The minimum Gasteiger partial charge on any atom is -0.496 e. The predicted molar refractivity (Wildman–Crippen MR) is 113 cm³/mol. The number of fused-ring (bicyclic) bond motifs is 1. The molecular formula is C22H25ClN3O4+. The SMILES string of the molecule is CNC(=O)[C@@H]1C[C@@H](O)C[N+]1(C)C1(c2ccccc2OC)C(=O)Nc2ccc(Cl)cc21. The summed E-state index contributed by atoms with van der Waals surface area (Å²) < 4.78 is 5.61. The summed E-state index contributed by atoms with van der Waals surface area (Å²) in [5, 5.41) is 16.8. The highest BCUT2D eigenvalue weighted by atomic mass is 35.5. The maximum absolute atomic E-state index is 13.8. The molecule has 2 unspecified atom stereocenters. The Morgan fingerprint density at radius 1 is 1.30 bits per heavy atom. The summed E-state index contributed by atoms with van der Waals surface area (Å²) >= 11 is 6.36. The molecule has 2 heterocycles. The standard InChI is InChI=1S/C22H24ClN3O4/c1-24-20(28)18-11-14(27)12-26(18,2)22(15-6-4-5-7-19(15)30-3)16-10-13(23)8-9-17(16)25-21(22)29/h4-10,14,18,27H,11-12H2,1-3H3,(H-,24,25,28,29)/p+1/t14-,18+,22?,26?/m1/s1. The van der Waals surface area contributed by atoms with Crippen molar-refractivity contribution >= 4 is 29.1 Å². The van der Waals surface area contributed by atoms with Gasteiger partial charge in [0.2, 0.25) is 5.54 Å². The average molecular weight is 431 g/mol. The predicted octanol–water partition coefficient (Wildman–Crippen LogP) is 1.87. The summed E-state index contributed by atoms with van der Waals surface area (Å²) in [7, 11) is 4.96. The van der Waals surface area contributed by atoms with Crippen LogP contribution >= 0.6 is 11.6 Å². The number of nitrogens with zero attached hydrogens (tertiary/aromatic N) is 1. The van der Waals surface area contributed by atoms with Crippen molar-refractivity contribution in [1.29, 1.82) is 0 Å². The number of quaternary nitrogens is 1. The Kier molecular flexibility index (Phi) is 5.00. The molecule has 2 aliphatic rings. The Morgan fingerprint density at radius 2 is 2.03 bits per heavy atom. The number of rotatable bonds is 4. The van der Waals surface area contributed by atoms with E-state index in [1.807, 2.05) is 25.2 Å². The Balaban J connectivity index is 2.11. The van der Waals surface area contributed by atoms with Crippen LogP contribution in [-0.2, 0) is 15.1 Å². The first-order valence-corrected chi connectivity index (χ1v) is 10.2. The second kappa shape index (κ2) is 7.27. The van der Waals surface area contributed by atoms with Gasteiger partial charge in [0.15, 0.2) is 6.04 Å². The van der Waals surface area contributed by atoms with E-state index in [2.05, 4.69) is 10.6 Å². The molecule has 7 nitrogen and oxygen atoms in total. The normalized spacial score (nSPS) is 30.0. The molecule has 2 aliphatic heterocycles. The van der Waals surface area contributed by atoms with Gasteiger partial charge in [0, 0.05) is 18.5 Å². The van der Waals surface area contributed by atoms with Crippen LogP contribution in [0.4, 0.5) is 5.69 Å². The Labute approximate surface area is 180 Å². The molecular weight excluding hydrogens is 406 g/mol. The van der Waals surface area contributed by atoms with Gasteiger partial charge in [-0.3, -0.25) is 14.1 Å². The van der Waals surface area contributed by atoms with Gasteiger partial charge in [0.1, 0.15) is 18.4 Å². The number of benzene rings is 2. The van der Waals surface area contributed by atoms with E-state index < -0.39 is 17.7 Å². The lowest BCUT2D eigenvalue weighted by Gasteiger charge is -2.48. The third kappa shape index (κ3) is 2.66. The molecule has 1 saturated heterocycles. The van der Waals surface area contributed by atoms with E-state index in [4.69, 9.17) is 16.3 Å². The number of carbonyl (C=O) groups is 2. The van der Waals surface area contributed by atoms with Gasteiger partial charge in [-0.15, -0.1) is 0 Å². The van der Waals surface area contributed by atoms with Crippen LogP contribution in [0.2, 0.25) is 5.02 Å². The zero-order valence-electron chi connectivity index (χ0n) is 17.1. The first-order chi connectivity index (χ1) is 14.3. The van der Waals surface area contributed by atoms with Gasteiger partial charge in [0.25, 0.3) is 11.8 Å². The largest absolute Gasteiger partial charge is 0.496 e. The third-order valence-corrected chi connectivity index (χ3v) is 6.77. The fourth-order valence-corrected chi connectivity index (χ4v) is 5.46. The molecule has 1 fully saturated rings. The average Bonchev–Trinajstić information content (AvgIpc) is 3.20. The van der Waals surface area contributed by atoms with Crippen LogP contribution in [-0.4, -0.2) is 61.3 Å². The molecule has 0 aliphatic carbocycles. The van der Waals surface area contributed by atoms with Gasteiger partial charge in [-0.1, -0.05) is 23.7 Å². The third-order valence-electron chi connectivity index (χ3n) is 6.53. The van der Waals surface area contributed by atoms with E-state index in [1.54, 1.807) is 38.4 Å². The zero-order chi connectivity index (χ0) is 21.7. The quantitative estimate of drug-likeness (QED) is 0.646. The number of hydrogen-bond donors (Lipinski definition) is 3. The molecule has 30 heavy (non-hydrogen) atoms. The Hall–Kier alpha value is -2.61. The number of likely N-dealkylation sites (tertiary alicyclic amines) is 1. The molecule has 158 valence electrons. The number of likely N-dealkylation sites (N-methyl/N-ethyl adjacent to an activating group) is 2. The van der Waals surface area contributed by atoms with Crippen LogP contribution < -0.4 is 15.4 Å². The number of para-hydroxylation sites is 1. The number of halogens is 1. The van der Waals surface area contributed by atoms with Gasteiger partial charge in [-0.2, -0.15) is 0 Å². The maximum atomic E-state index is 13.8. The maximum Gasteiger partial charge on any atom is 0.295 e. The van der Waals surface area contributed by atoms with Crippen molar-refractivity contribution in [3.05, 3.63) is 58.6 Å². The smallest absolute Gasteiger partial charge is 0.295 e. The van der Waals surface area contributed by atoms with Crippen molar-refractivity contribution in [2.24, 2.45) is 0 Å². The van der Waals surface area contributed by atoms with Crippen LogP contribution in [0.3, 0.4) is 0 Å². The lowest BCUT2D eigenvalue weighted by Crippen LogP contribution is -2.68. The van der Waals surface area contributed by atoms with Crippen LogP contribution in [0, 0.1) is 0 Å². The number of aliphatic hydroxyl groups is 1. The molecule has 0 radical (unpaired) electrons. The summed E-state index contributed by atoms with van der Waals surface area (Å²) in [6, 6.07) is 11.9. The number of nitrogens with one attached hydrogen (secondary N) is 2. The van der Waals surface area contributed by atoms with Crippen LogP contribution in [0.1, 0.15) is 17.5 Å². The number of ether oxygens (including phenoxy) is 1. The van der Waals surface area contributed by atoms with Crippen molar-refractivity contribution in [3.63, 3.8) is 0 Å². The molecule has 0 spiro atoms. The van der Waals surface area contributed by atoms with Crippen molar-refractivity contribution in [3.8, 4) is 5.75 Å². The van der Waals surface area contributed by atoms with Crippen LogP contribution in [0.25, 0.3) is 0 Å². The number of anilines is 1. The first kappa shape index (κ1) is 20.7. The fourth-order valence-electron chi connectivity index (χ4n) is 5.29. The molecule has 4 rings (SSSR count). The summed E-state index contributed by atoms with van der Waals surface area (Å²) in [6.45, 7) is 0.218. The lowest BCUT2D eigenvalue weighted by molar-refractivity contribution is -0.953. The van der Waals surface area contributed by atoms with Crippen molar-refractivity contribution in [1.82, 2.24) is 5.32 Å². The fraction of sp³-hybridized carbons (Fsp3) is 0.364. The monoisotopic (exact) mass is 430 g/mol. The molecule has 2 aromatic rings. The van der Waals surface area contributed by atoms with E-state index in [1.165, 1.54) is 0 Å². The zero-order valence-corrected chi connectivity index (χ0v) is 17.9. The molecule has 2 amide bonds. The van der Waals surface area contributed by atoms with E-state index >= 15 is 0 Å². The molecule has 8 heteroatoms. The molecule has 0 saturated carbocycles. The van der Waals surface area contributed by atoms with E-state index in [9.17, 15) is 14.7 Å². The van der Waals surface area contributed by atoms with Crippen molar-refractivity contribution in [2.45, 2.75) is 24.1 Å². The number of amides is 2. The molecule has 3 N–H and O–H groups in total. The minimum absolute atomic E-state index is 0.0343. The van der Waals surface area contributed by atoms with E-state index in [0.717, 1.165) is 0 Å². The first-order valence-electron chi connectivity index (χ1n) is 9.79. The van der Waals surface area contributed by atoms with Gasteiger partial charge in [0.05, 0.1) is 31.0 Å². The summed E-state index contributed by atoms with van der Waals surface area (Å²) in [6.07, 6.45) is -0.490. The van der Waals surface area contributed by atoms with Gasteiger partial charge < -0.3 is 20.5 Å². The minimum atomic E-state index is -1.33. The topological polar surface area (TPSA) is 87.7 Å². The Morgan fingerprint density at radius 3 is 2.73 bits per heavy atom. The lowest BCUT2D eigenvalue weighted by atomic mass is 9.78. The molecule has 0 bridgehead atoms. The highest BCUT2D eigenvalue weighted by molar-refractivity contribution is 6.31. The van der Waals surface area contributed by atoms with Crippen molar-refractivity contribution in [2.75, 3.05) is 33.1 Å². The van der Waals surface area contributed by atoms with Gasteiger partial charge >= 0.3 is 0 Å². The second-order valence-corrected chi connectivity index (χ2v) is 8.46. The molecule has 0 aromatic heterocycles. The number of aliphatic hydroxyl groups excluding tert-OH is 1. The van der Waals surface area contributed by atoms with Crippen LogP contribution in [0.15, 0.2) is 42.5 Å². The van der Waals surface area contributed by atoms with Gasteiger partial charge in [-0.05, 0) is 30.3 Å². The molecule has 2 aromatic carbocycles. The second-order valence-electron chi connectivity index (χ2n) is 8.02. The number of methoxy groups -OCH3 is 1. The molecule has 4 atom stereocenters.